The molecule has 3 aromatic rings. The molecule has 3 heterocycles. The zero-order chi connectivity index (χ0) is 22.0. The Labute approximate surface area is 175 Å². The van der Waals surface area contributed by atoms with Gasteiger partial charge in [-0.1, -0.05) is 0 Å². The number of hydrogen-bond donors (Lipinski definition) is 2. The second kappa shape index (κ2) is 8.21. The molecule has 4 rings (SSSR count). The molecule has 1 aliphatic heterocycles. The molecule has 0 saturated carbocycles. The average Bonchev–Trinajstić information content (AvgIpc) is 3.24. The van der Waals surface area contributed by atoms with E-state index >= 15 is 0 Å². The number of rotatable bonds is 4. The van der Waals surface area contributed by atoms with E-state index in [0.717, 1.165) is 30.9 Å². The van der Waals surface area contributed by atoms with E-state index in [0.29, 0.717) is 18.3 Å². The molecule has 0 aliphatic carbocycles. The number of carbonyl (C=O) groups is 1. The zero-order valence-corrected chi connectivity index (χ0v) is 16.2. The van der Waals surface area contributed by atoms with Crippen LogP contribution < -0.4 is 10.2 Å². The Kier molecular flexibility index (Phi) is 5.45. The first-order valence-electron chi connectivity index (χ1n) is 9.48. The van der Waals surface area contributed by atoms with Crippen molar-refractivity contribution < 1.29 is 23.1 Å². The summed E-state index contributed by atoms with van der Waals surface area (Å²) in [4.78, 5) is 26.3. The number of carbonyl (C=O) groups excluding carboxylic acids is 1. The smallest absolute Gasteiger partial charge is 0.417 e. The number of phenols is 1. The van der Waals surface area contributed by atoms with Gasteiger partial charge in [0.1, 0.15) is 12.1 Å². The van der Waals surface area contributed by atoms with Gasteiger partial charge in [0.25, 0.3) is 5.91 Å². The van der Waals surface area contributed by atoms with E-state index in [1.165, 1.54) is 18.5 Å². The van der Waals surface area contributed by atoms with Gasteiger partial charge < -0.3 is 15.3 Å². The van der Waals surface area contributed by atoms with Crippen LogP contribution in [0.4, 0.5) is 24.5 Å². The maximum Gasteiger partial charge on any atom is 0.417 e. The lowest BCUT2D eigenvalue weighted by Crippen LogP contribution is -2.19. The van der Waals surface area contributed by atoms with E-state index in [2.05, 4.69) is 25.2 Å². The first-order chi connectivity index (χ1) is 14.8. The quantitative estimate of drug-likeness (QED) is 0.655. The van der Waals surface area contributed by atoms with Gasteiger partial charge in [0, 0.05) is 30.8 Å². The fourth-order valence-electron chi connectivity index (χ4n) is 3.59. The molecular formula is C21H18F3N5O2. The largest absolute Gasteiger partial charge is 0.508 e. The predicted molar refractivity (Wildman–Crippen MR) is 107 cm³/mol. The van der Waals surface area contributed by atoms with Crippen LogP contribution in [0, 0.1) is 0 Å². The third kappa shape index (κ3) is 4.57. The molecule has 1 fully saturated rings. The number of aromatic nitrogens is 3. The standard InChI is InChI=1S/C21H18F3N5O2/c22-21(23,24)15-6-16(8-25-7-15)28-20(31)13-1-2-19(30)18(5-13)14-3-4-29(11-14)17-9-26-12-27-10-17/h1-2,5-10,12,14,30H,3-4,11H2,(H,28,31). The Morgan fingerprint density at radius 1 is 1.10 bits per heavy atom. The minimum absolute atomic E-state index is 0.0248. The molecule has 7 nitrogen and oxygen atoms in total. The minimum Gasteiger partial charge on any atom is -0.508 e. The molecular weight excluding hydrogens is 411 g/mol. The second-order valence-corrected chi connectivity index (χ2v) is 7.22. The third-order valence-corrected chi connectivity index (χ3v) is 5.15. The lowest BCUT2D eigenvalue weighted by Gasteiger charge is -2.18. The number of pyridine rings is 1. The maximum absolute atomic E-state index is 12.9. The Bertz CT molecular complexity index is 1090. The molecule has 1 unspecified atom stereocenters. The van der Waals surface area contributed by atoms with E-state index in [4.69, 9.17) is 0 Å². The normalized spacial score (nSPS) is 16.4. The summed E-state index contributed by atoms with van der Waals surface area (Å²) in [6, 6.07) is 5.24. The van der Waals surface area contributed by atoms with Crippen molar-refractivity contribution in [1.29, 1.82) is 0 Å². The summed E-state index contributed by atoms with van der Waals surface area (Å²) in [5.74, 6) is -0.551. The molecule has 1 aromatic carbocycles. The predicted octanol–water partition coefficient (Wildman–Crippen LogP) is 3.84. The summed E-state index contributed by atoms with van der Waals surface area (Å²) in [5, 5.41) is 12.8. The average molecular weight is 429 g/mol. The number of phenolic OH excluding ortho intramolecular Hbond substituents is 1. The van der Waals surface area contributed by atoms with E-state index in [1.54, 1.807) is 18.5 Å². The number of halogens is 3. The molecule has 2 N–H and O–H groups in total. The Morgan fingerprint density at radius 3 is 2.61 bits per heavy atom. The van der Waals surface area contributed by atoms with Gasteiger partial charge in [0.15, 0.2) is 0 Å². The van der Waals surface area contributed by atoms with Crippen LogP contribution in [0.3, 0.4) is 0 Å². The molecule has 1 aliphatic rings. The number of nitrogens with zero attached hydrogens (tertiary/aromatic N) is 4. The van der Waals surface area contributed by atoms with E-state index in [9.17, 15) is 23.1 Å². The first-order valence-corrected chi connectivity index (χ1v) is 9.48. The molecule has 10 heteroatoms. The summed E-state index contributed by atoms with van der Waals surface area (Å²) in [6.45, 7) is 1.35. The van der Waals surface area contributed by atoms with Gasteiger partial charge >= 0.3 is 6.18 Å². The molecule has 2 aromatic heterocycles. The van der Waals surface area contributed by atoms with Crippen molar-refractivity contribution in [3.63, 3.8) is 0 Å². The molecule has 160 valence electrons. The molecule has 1 amide bonds. The number of anilines is 2. The molecule has 1 saturated heterocycles. The van der Waals surface area contributed by atoms with Crippen molar-refractivity contribution in [3.8, 4) is 5.75 Å². The van der Waals surface area contributed by atoms with Gasteiger partial charge in [0.05, 0.1) is 35.5 Å². The maximum atomic E-state index is 12.9. The monoisotopic (exact) mass is 429 g/mol. The van der Waals surface area contributed by atoms with Crippen LogP contribution in [0.1, 0.15) is 33.8 Å². The fraction of sp³-hybridized carbons (Fsp3) is 0.238. The summed E-state index contributed by atoms with van der Waals surface area (Å²) < 4.78 is 38.6. The van der Waals surface area contributed by atoms with Gasteiger partial charge in [-0.25, -0.2) is 9.97 Å². The van der Waals surface area contributed by atoms with E-state index in [1.807, 2.05) is 0 Å². The Balaban J connectivity index is 1.51. The second-order valence-electron chi connectivity index (χ2n) is 7.22. The van der Waals surface area contributed by atoms with Gasteiger partial charge in [-0.15, -0.1) is 0 Å². The molecule has 31 heavy (non-hydrogen) atoms. The van der Waals surface area contributed by atoms with Crippen LogP contribution >= 0.6 is 0 Å². The Hall–Kier alpha value is -3.69. The number of benzene rings is 1. The summed E-state index contributed by atoms with van der Waals surface area (Å²) in [5.41, 5.74) is 0.689. The number of hydrogen-bond acceptors (Lipinski definition) is 6. The van der Waals surface area contributed by atoms with Gasteiger partial charge in [0.2, 0.25) is 0 Å². The van der Waals surface area contributed by atoms with Crippen molar-refractivity contribution in [3.05, 3.63) is 72.1 Å². The van der Waals surface area contributed by atoms with Crippen molar-refractivity contribution in [2.24, 2.45) is 0 Å². The molecule has 1 atom stereocenters. The lowest BCUT2D eigenvalue weighted by molar-refractivity contribution is -0.137. The van der Waals surface area contributed by atoms with Crippen molar-refractivity contribution >= 4 is 17.3 Å². The highest BCUT2D eigenvalue weighted by atomic mass is 19.4. The number of amides is 1. The van der Waals surface area contributed by atoms with Crippen LogP contribution in [0.15, 0.2) is 55.4 Å². The van der Waals surface area contributed by atoms with Crippen molar-refractivity contribution in [2.75, 3.05) is 23.3 Å². The fourth-order valence-corrected chi connectivity index (χ4v) is 3.59. The molecule has 0 bridgehead atoms. The summed E-state index contributed by atoms with van der Waals surface area (Å²) in [6.07, 6.45) is 2.90. The Morgan fingerprint density at radius 2 is 1.87 bits per heavy atom. The SMILES string of the molecule is O=C(Nc1cncc(C(F)(F)F)c1)c1ccc(O)c(C2CCN(c3cncnc3)C2)c1. The molecule has 0 radical (unpaired) electrons. The topological polar surface area (TPSA) is 91.2 Å². The lowest BCUT2D eigenvalue weighted by atomic mass is 9.95. The highest BCUT2D eigenvalue weighted by Gasteiger charge is 2.31. The van der Waals surface area contributed by atoms with Crippen molar-refractivity contribution in [2.45, 2.75) is 18.5 Å². The highest BCUT2D eigenvalue weighted by molar-refractivity contribution is 6.04. The van der Waals surface area contributed by atoms with Crippen LogP contribution in [-0.4, -0.2) is 39.1 Å². The zero-order valence-electron chi connectivity index (χ0n) is 16.2. The highest BCUT2D eigenvalue weighted by Crippen LogP contribution is 2.35. The van der Waals surface area contributed by atoms with Crippen LogP contribution in [0.5, 0.6) is 5.75 Å². The van der Waals surface area contributed by atoms with E-state index in [-0.39, 0.29) is 22.9 Å². The summed E-state index contributed by atoms with van der Waals surface area (Å²) in [7, 11) is 0. The van der Waals surface area contributed by atoms with Gasteiger partial charge in [-0.2, -0.15) is 13.2 Å². The van der Waals surface area contributed by atoms with Crippen molar-refractivity contribution in [1.82, 2.24) is 15.0 Å². The third-order valence-electron chi connectivity index (χ3n) is 5.15. The number of aromatic hydroxyl groups is 1. The number of nitrogens with one attached hydrogen (secondary N) is 1. The minimum atomic E-state index is -4.56. The van der Waals surface area contributed by atoms with Crippen LogP contribution in [-0.2, 0) is 6.18 Å². The van der Waals surface area contributed by atoms with Gasteiger partial charge in [-0.3, -0.25) is 9.78 Å². The molecule has 0 spiro atoms. The van der Waals surface area contributed by atoms with Crippen LogP contribution in [0.25, 0.3) is 0 Å². The summed E-state index contributed by atoms with van der Waals surface area (Å²) >= 11 is 0. The van der Waals surface area contributed by atoms with E-state index < -0.39 is 17.6 Å². The van der Waals surface area contributed by atoms with Gasteiger partial charge in [-0.05, 0) is 36.2 Å². The van der Waals surface area contributed by atoms with Crippen LogP contribution in [0.2, 0.25) is 0 Å². The number of alkyl halides is 3. The first kappa shape index (κ1) is 20.6.